The predicted molar refractivity (Wildman–Crippen MR) is 85.6 cm³/mol. The predicted octanol–water partition coefficient (Wildman–Crippen LogP) is 0.386. The lowest BCUT2D eigenvalue weighted by Crippen LogP contribution is -2.38. The number of benzene rings is 1. The molecule has 116 valence electrons. The molecule has 0 saturated carbocycles. The summed E-state index contributed by atoms with van der Waals surface area (Å²) in [5.74, 6) is -0.347. The number of nitrogens with two attached hydrogens (primary N) is 1. The molecule has 0 heterocycles. The third kappa shape index (κ3) is 4.23. The summed E-state index contributed by atoms with van der Waals surface area (Å²) in [5.41, 5.74) is 6.86. The van der Waals surface area contributed by atoms with E-state index in [1.807, 2.05) is 0 Å². The fourth-order valence-corrected chi connectivity index (χ4v) is 3.24. The SMILES string of the molecule is CCNC(=O)CN(C)S(=O)(=O)c1ccc(C(N)=S)c(C)c1. The van der Waals surface area contributed by atoms with Crippen molar-refractivity contribution in [3.63, 3.8) is 0 Å². The van der Waals surface area contributed by atoms with Crippen LogP contribution in [0.4, 0.5) is 0 Å². The number of aryl methyl sites for hydroxylation is 1. The van der Waals surface area contributed by atoms with Gasteiger partial charge in [-0.1, -0.05) is 18.3 Å². The third-order valence-electron chi connectivity index (χ3n) is 2.91. The number of rotatable bonds is 6. The van der Waals surface area contributed by atoms with Crippen molar-refractivity contribution < 1.29 is 13.2 Å². The quantitative estimate of drug-likeness (QED) is 0.736. The molecule has 0 unspecified atom stereocenters. The molecule has 0 fully saturated rings. The Kier molecular flexibility index (Phi) is 5.82. The zero-order chi connectivity index (χ0) is 16.2. The fourth-order valence-electron chi connectivity index (χ4n) is 1.79. The second-order valence-corrected chi connectivity index (χ2v) is 7.04. The highest BCUT2D eigenvalue weighted by Gasteiger charge is 2.23. The van der Waals surface area contributed by atoms with E-state index in [4.69, 9.17) is 18.0 Å². The van der Waals surface area contributed by atoms with Gasteiger partial charge in [-0.05, 0) is 31.5 Å². The first-order chi connectivity index (χ1) is 9.70. The normalized spacial score (nSPS) is 11.4. The highest BCUT2D eigenvalue weighted by molar-refractivity contribution is 7.89. The van der Waals surface area contributed by atoms with Gasteiger partial charge in [-0.2, -0.15) is 4.31 Å². The Bertz CT molecular complexity index is 657. The number of hydrogen-bond donors (Lipinski definition) is 2. The first-order valence-electron chi connectivity index (χ1n) is 6.33. The van der Waals surface area contributed by atoms with E-state index in [0.717, 1.165) is 4.31 Å². The second kappa shape index (κ2) is 6.97. The summed E-state index contributed by atoms with van der Waals surface area (Å²) >= 11 is 4.89. The van der Waals surface area contributed by atoms with Crippen molar-refractivity contribution in [3.05, 3.63) is 29.3 Å². The zero-order valence-electron chi connectivity index (χ0n) is 12.2. The molecule has 21 heavy (non-hydrogen) atoms. The number of thiocarbonyl (C=S) groups is 1. The van der Waals surface area contributed by atoms with Crippen LogP contribution < -0.4 is 11.1 Å². The van der Waals surface area contributed by atoms with Crippen LogP contribution in [0.5, 0.6) is 0 Å². The molecular weight excluding hydrogens is 310 g/mol. The summed E-state index contributed by atoms with van der Waals surface area (Å²) in [4.78, 5) is 11.8. The van der Waals surface area contributed by atoms with Crippen molar-refractivity contribution in [3.8, 4) is 0 Å². The molecule has 0 spiro atoms. The van der Waals surface area contributed by atoms with Crippen molar-refractivity contribution in [2.45, 2.75) is 18.7 Å². The highest BCUT2D eigenvalue weighted by atomic mass is 32.2. The van der Waals surface area contributed by atoms with Crippen LogP contribution in [-0.4, -0.2) is 43.8 Å². The number of likely N-dealkylation sites (N-methyl/N-ethyl adjacent to an activating group) is 2. The molecule has 1 rings (SSSR count). The van der Waals surface area contributed by atoms with Crippen LogP contribution in [0.3, 0.4) is 0 Å². The van der Waals surface area contributed by atoms with Gasteiger partial charge in [0.2, 0.25) is 15.9 Å². The minimum absolute atomic E-state index is 0.104. The third-order valence-corrected chi connectivity index (χ3v) is 4.93. The topological polar surface area (TPSA) is 92.5 Å². The van der Waals surface area contributed by atoms with Crippen LogP contribution in [0.2, 0.25) is 0 Å². The van der Waals surface area contributed by atoms with E-state index in [1.165, 1.54) is 19.2 Å². The molecule has 0 aliphatic rings. The summed E-state index contributed by atoms with van der Waals surface area (Å²) in [6.07, 6.45) is 0. The average Bonchev–Trinajstić information content (AvgIpc) is 2.38. The summed E-state index contributed by atoms with van der Waals surface area (Å²) in [6, 6.07) is 4.51. The Morgan fingerprint density at radius 3 is 2.52 bits per heavy atom. The first-order valence-corrected chi connectivity index (χ1v) is 8.18. The van der Waals surface area contributed by atoms with E-state index in [1.54, 1.807) is 19.9 Å². The molecule has 6 nitrogen and oxygen atoms in total. The van der Waals surface area contributed by atoms with Crippen LogP contribution >= 0.6 is 12.2 Å². The number of sulfonamides is 1. The van der Waals surface area contributed by atoms with Crippen LogP contribution in [0.15, 0.2) is 23.1 Å². The lowest BCUT2D eigenvalue weighted by Gasteiger charge is -2.17. The molecule has 1 amide bonds. The summed E-state index contributed by atoms with van der Waals surface area (Å²) < 4.78 is 25.8. The molecule has 0 aromatic heterocycles. The molecule has 0 radical (unpaired) electrons. The van der Waals surface area contributed by atoms with Crippen molar-refractivity contribution in [2.75, 3.05) is 20.1 Å². The largest absolute Gasteiger partial charge is 0.389 e. The van der Waals surface area contributed by atoms with Gasteiger partial charge in [0.25, 0.3) is 0 Å². The van der Waals surface area contributed by atoms with Crippen molar-refractivity contribution >= 4 is 33.1 Å². The van der Waals surface area contributed by atoms with E-state index >= 15 is 0 Å². The number of carbonyl (C=O) groups excluding carboxylic acids is 1. The molecule has 0 aliphatic heterocycles. The van der Waals surface area contributed by atoms with Crippen LogP contribution in [0, 0.1) is 6.92 Å². The minimum Gasteiger partial charge on any atom is -0.389 e. The van der Waals surface area contributed by atoms with Gasteiger partial charge >= 0.3 is 0 Å². The van der Waals surface area contributed by atoms with E-state index in [9.17, 15) is 13.2 Å². The van der Waals surface area contributed by atoms with Gasteiger partial charge in [0, 0.05) is 19.2 Å². The van der Waals surface area contributed by atoms with Crippen molar-refractivity contribution in [1.29, 1.82) is 0 Å². The van der Waals surface area contributed by atoms with Gasteiger partial charge in [-0.25, -0.2) is 8.42 Å². The van der Waals surface area contributed by atoms with Crippen LogP contribution in [-0.2, 0) is 14.8 Å². The second-order valence-electron chi connectivity index (χ2n) is 4.56. The van der Waals surface area contributed by atoms with Crippen LogP contribution in [0.25, 0.3) is 0 Å². The molecule has 0 bridgehead atoms. The van der Waals surface area contributed by atoms with Gasteiger partial charge in [-0.3, -0.25) is 4.79 Å². The Morgan fingerprint density at radius 2 is 2.05 bits per heavy atom. The van der Waals surface area contributed by atoms with Gasteiger partial charge in [0.1, 0.15) is 4.99 Å². The molecule has 3 N–H and O–H groups in total. The molecule has 1 aromatic rings. The minimum atomic E-state index is -3.73. The van der Waals surface area contributed by atoms with Crippen molar-refractivity contribution in [2.24, 2.45) is 5.73 Å². The maximum atomic E-state index is 12.4. The maximum absolute atomic E-state index is 12.4. The number of hydrogen-bond acceptors (Lipinski definition) is 4. The Labute approximate surface area is 130 Å². The van der Waals surface area contributed by atoms with E-state index in [2.05, 4.69) is 5.32 Å². The van der Waals surface area contributed by atoms with Gasteiger partial charge in [0.15, 0.2) is 0 Å². The summed E-state index contributed by atoms with van der Waals surface area (Å²) in [7, 11) is -2.37. The van der Waals surface area contributed by atoms with Crippen LogP contribution in [0.1, 0.15) is 18.1 Å². The van der Waals surface area contributed by atoms with E-state index in [-0.39, 0.29) is 22.3 Å². The highest BCUT2D eigenvalue weighted by Crippen LogP contribution is 2.18. The van der Waals surface area contributed by atoms with E-state index in [0.29, 0.717) is 17.7 Å². The standard InChI is InChI=1S/C13H19N3O3S2/c1-4-15-12(17)8-16(3)21(18,19)10-5-6-11(13(14)20)9(2)7-10/h5-7H,4,8H2,1-3H3,(H2,14,20)(H,15,17). The number of amides is 1. The first kappa shape index (κ1) is 17.5. The maximum Gasteiger partial charge on any atom is 0.243 e. The molecule has 1 aromatic carbocycles. The zero-order valence-corrected chi connectivity index (χ0v) is 13.8. The monoisotopic (exact) mass is 329 g/mol. The smallest absolute Gasteiger partial charge is 0.243 e. The summed E-state index contributed by atoms with van der Waals surface area (Å²) in [5, 5.41) is 2.56. The van der Waals surface area contributed by atoms with Gasteiger partial charge in [0.05, 0.1) is 11.4 Å². The number of nitrogens with one attached hydrogen (secondary N) is 1. The van der Waals surface area contributed by atoms with Gasteiger partial charge < -0.3 is 11.1 Å². The summed E-state index contributed by atoms with van der Waals surface area (Å²) in [6.45, 7) is 3.72. The lowest BCUT2D eigenvalue weighted by atomic mass is 10.1. The number of nitrogens with zero attached hydrogens (tertiary/aromatic N) is 1. The van der Waals surface area contributed by atoms with Crippen molar-refractivity contribution in [1.82, 2.24) is 9.62 Å². The molecular formula is C13H19N3O3S2. The lowest BCUT2D eigenvalue weighted by molar-refractivity contribution is -0.121. The molecule has 0 aliphatic carbocycles. The molecule has 8 heteroatoms. The molecule has 0 atom stereocenters. The van der Waals surface area contributed by atoms with Gasteiger partial charge in [-0.15, -0.1) is 0 Å². The Balaban J connectivity index is 3.05. The van der Waals surface area contributed by atoms with E-state index < -0.39 is 10.0 Å². The molecule has 0 saturated heterocycles. The Hall–Kier alpha value is -1.51. The number of carbonyl (C=O) groups is 1. The fraction of sp³-hybridized carbons (Fsp3) is 0.385. The Morgan fingerprint density at radius 1 is 1.43 bits per heavy atom. The average molecular weight is 329 g/mol.